The van der Waals surface area contributed by atoms with E-state index in [2.05, 4.69) is 29.0 Å². The molecule has 2 rings (SSSR count). The second kappa shape index (κ2) is 9.23. The van der Waals surface area contributed by atoms with E-state index in [4.69, 9.17) is 0 Å². The number of nitrogens with one attached hydrogen (secondary N) is 2. The third-order valence-electron chi connectivity index (χ3n) is 4.06. The summed E-state index contributed by atoms with van der Waals surface area (Å²) in [5, 5.41) is 3.53. The number of H-pyrrole nitrogens is 1. The molecule has 1 heterocycles. The van der Waals surface area contributed by atoms with Gasteiger partial charge in [0.25, 0.3) is 11.7 Å². The predicted octanol–water partition coefficient (Wildman–Crippen LogP) is 2.98. The van der Waals surface area contributed by atoms with Gasteiger partial charge < -0.3 is 15.2 Å². The van der Waals surface area contributed by atoms with Crippen LogP contribution in [0.3, 0.4) is 0 Å². The minimum absolute atomic E-state index is 0.432. The Labute approximate surface area is 143 Å². The number of carbonyl (C=O) groups excluding carboxylic acids is 2. The molecule has 0 aliphatic heterocycles. The van der Waals surface area contributed by atoms with Gasteiger partial charge in [-0.1, -0.05) is 32.0 Å². The van der Waals surface area contributed by atoms with Crippen LogP contribution in [-0.2, 0) is 4.79 Å². The summed E-state index contributed by atoms with van der Waals surface area (Å²) in [6, 6.07) is 7.49. The van der Waals surface area contributed by atoms with E-state index in [-0.39, 0.29) is 0 Å². The fourth-order valence-electron chi connectivity index (χ4n) is 2.93. The lowest BCUT2D eigenvalue weighted by Gasteiger charge is -2.20. The minimum Gasteiger partial charge on any atom is -0.360 e. The SMILES string of the molecule is CCCN(CCC)CCCNC(=O)C(=O)c1c[nH]c2ccccc12. The van der Waals surface area contributed by atoms with E-state index in [1.807, 2.05) is 24.3 Å². The number of para-hydroxylation sites is 1. The summed E-state index contributed by atoms with van der Waals surface area (Å²) in [5.41, 5.74) is 1.30. The van der Waals surface area contributed by atoms with Crippen LogP contribution in [0, 0.1) is 0 Å². The molecule has 0 saturated carbocycles. The van der Waals surface area contributed by atoms with Gasteiger partial charge in [0.15, 0.2) is 0 Å². The van der Waals surface area contributed by atoms with Crippen molar-refractivity contribution in [1.29, 1.82) is 0 Å². The summed E-state index contributed by atoms with van der Waals surface area (Å²) in [7, 11) is 0. The van der Waals surface area contributed by atoms with Gasteiger partial charge in [0.05, 0.1) is 5.56 Å². The lowest BCUT2D eigenvalue weighted by molar-refractivity contribution is -0.117. The number of Topliss-reactive ketones (excluding diaryl/α,β-unsaturated/α-hetero) is 1. The lowest BCUT2D eigenvalue weighted by atomic mass is 10.1. The monoisotopic (exact) mass is 329 g/mol. The molecule has 0 fully saturated rings. The van der Waals surface area contributed by atoms with Crippen LogP contribution in [0.15, 0.2) is 30.5 Å². The molecule has 1 aromatic heterocycles. The second-order valence-corrected chi connectivity index (χ2v) is 6.03. The Hall–Kier alpha value is -2.14. The first-order chi connectivity index (χ1) is 11.7. The maximum Gasteiger partial charge on any atom is 0.292 e. The summed E-state index contributed by atoms with van der Waals surface area (Å²) in [5.74, 6) is -1.01. The van der Waals surface area contributed by atoms with Gasteiger partial charge in [-0.05, 0) is 45.0 Å². The standard InChI is InChI=1S/C19H27N3O2/c1-3-11-22(12-4-2)13-7-10-20-19(24)18(23)16-14-21-17-9-6-5-8-15(16)17/h5-6,8-9,14,21H,3-4,7,10-13H2,1-2H3,(H,20,24). The highest BCUT2D eigenvalue weighted by molar-refractivity contribution is 6.44. The Morgan fingerprint density at radius 3 is 2.50 bits per heavy atom. The fourth-order valence-corrected chi connectivity index (χ4v) is 2.93. The number of aromatic amines is 1. The number of nitrogens with zero attached hydrogens (tertiary/aromatic N) is 1. The van der Waals surface area contributed by atoms with E-state index in [0.29, 0.717) is 12.1 Å². The van der Waals surface area contributed by atoms with Gasteiger partial charge in [0, 0.05) is 23.6 Å². The first-order valence-electron chi connectivity index (χ1n) is 8.78. The highest BCUT2D eigenvalue weighted by Gasteiger charge is 2.19. The van der Waals surface area contributed by atoms with Gasteiger partial charge in [-0.25, -0.2) is 0 Å². The van der Waals surface area contributed by atoms with Crippen molar-refractivity contribution in [3.63, 3.8) is 0 Å². The molecule has 0 aliphatic carbocycles. The number of hydrogen-bond donors (Lipinski definition) is 2. The Kier molecular flexibility index (Phi) is 7.00. The maximum absolute atomic E-state index is 12.3. The fraction of sp³-hybridized carbons (Fsp3) is 0.474. The zero-order valence-electron chi connectivity index (χ0n) is 14.6. The number of carbonyl (C=O) groups is 2. The molecule has 5 heteroatoms. The quantitative estimate of drug-likeness (QED) is 0.400. The van der Waals surface area contributed by atoms with Gasteiger partial charge in [0.1, 0.15) is 0 Å². The normalized spacial score (nSPS) is 11.1. The third-order valence-corrected chi connectivity index (χ3v) is 4.06. The molecule has 1 amide bonds. The van der Waals surface area contributed by atoms with Crippen LogP contribution in [0.25, 0.3) is 10.9 Å². The van der Waals surface area contributed by atoms with Crippen LogP contribution >= 0.6 is 0 Å². The van der Waals surface area contributed by atoms with E-state index in [1.54, 1.807) is 6.20 Å². The molecular weight excluding hydrogens is 302 g/mol. The Balaban J connectivity index is 1.83. The first kappa shape index (κ1) is 18.2. The average molecular weight is 329 g/mol. The summed E-state index contributed by atoms with van der Waals surface area (Å²) in [6.07, 6.45) is 4.72. The lowest BCUT2D eigenvalue weighted by Crippen LogP contribution is -2.34. The number of rotatable bonds is 10. The van der Waals surface area contributed by atoms with Crippen molar-refractivity contribution >= 4 is 22.6 Å². The molecule has 24 heavy (non-hydrogen) atoms. The Bertz CT molecular complexity index is 672. The molecule has 0 aliphatic rings. The number of benzene rings is 1. The van der Waals surface area contributed by atoms with Crippen molar-refractivity contribution in [2.24, 2.45) is 0 Å². The highest BCUT2D eigenvalue weighted by Crippen LogP contribution is 2.18. The van der Waals surface area contributed by atoms with E-state index in [0.717, 1.165) is 49.8 Å². The first-order valence-corrected chi connectivity index (χ1v) is 8.78. The molecule has 130 valence electrons. The predicted molar refractivity (Wildman–Crippen MR) is 97.3 cm³/mol. The van der Waals surface area contributed by atoms with Crippen LogP contribution in [-0.4, -0.2) is 47.8 Å². The van der Waals surface area contributed by atoms with E-state index in [9.17, 15) is 9.59 Å². The van der Waals surface area contributed by atoms with Crippen LogP contribution in [0.2, 0.25) is 0 Å². The Morgan fingerprint density at radius 1 is 1.08 bits per heavy atom. The summed E-state index contributed by atoms with van der Waals surface area (Å²) in [6.45, 7) is 7.97. The van der Waals surface area contributed by atoms with Crippen molar-refractivity contribution < 1.29 is 9.59 Å². The van der Waals surface area contributed by atoms with Crippen LogP contribution in [0.4, 0.5) is 0 Å². The molecule has 0 saturated heterocycles. The smallest absolute Gasteiger partial charge is 0.292 e. The molecule has 0 spiro atoms. The highest BCUT2D eigenvalue weighted by atomic mass is 16.2. The molecule has 0 bridgehead atoms. The summed E-state index contributed by atoms with van der Waals surface area (Å²) in [4.78, 5) is 29.8. The van der Waals surface area contributed by atoms with Crippen molar-refractivity contribution in [2.45, 2.75) is 33.1 Å². The van der Waals surface area contributed by atoms with Crippen molar-refractivity contribution in [1.82, 2.24) is 15.2 Å². The summed E-state index contributed by atoms with van der Waals surface area (Å²) >= 11 is 0. The number of fused-ring (bicyclic) bond motifs is 1. The van der Waals surface area contributed by atoms with Crippen molar-refractivity contribution in [3.8, 4) is 0 Å². The molecule has 2 aromatic rings. The molecule has 0 unspecified atom stereocenters. The van der Waals surface area contributed by atoms with Gasteiger partial charge >= 0.3 is 0 Å². The third kappa shape index (κ3) is 4.68. The number of amides is 1. The van der Waals surface area contributed by atoms with E-state index < -0.39 is 11.7 Å². The maximum atomic E-state index is 12.3. The Morgan fingerprint density at radius 2 is 1.79 bits per heavy atom. The second-order valence-electron chi connectivity index (χ2n) is 6.03. The van der Waals surface area contributed by atoms with Gasteiger partial charge in [0.2, 0.25) is 0 Å². The number of hydrogen-bond acceptors (Lipinski definition) is 3. The largest absolute Gasteiger partial charge is 0.360 e. The zero-order chi connectivity index (χ0) is 17.4. The molecule has 2 N–H and O–H groups in total. The zero-order valence-corrected chi connectivity index (χ0v) is 14.6. The van der Waals surface area contributed by atoms with Crippen LogP contribution < -0.4 is 5.32 Å². The molecule has 0 radical (unpaired) electrons. The van der Waals surface area contributed by atoms with E-state index >= 15 is 0 Å². The number of aromatic nitrogens is 1. The van der Waals surface area contributed by atoms with Crippen LogP contribution in [0.1, 0.15) is 43.5 Å². The molecule has 1 aromatic carbocycles. The molecular formula is C19H27N3O2. The average Bonchev–Trinajstić information content (AvgIpc) is 3.02. The minimum atomic E-state index is -0.530. The van der Waals surface area contributed by atoms with Gasteiger partial charge in [-0.2, -0.15) is 0 Å². The molecule has 0 atom stereocenters. The summed E-state index contributed by atoms with van der Waals surface area (Å²) < 4.78 is 0. The van der Waals surface area contributed by atoms with Crippen molar-refractivity contribution in [3.05, 3.63) is 36.0 Å². The topological polar surface area (TPSA) is 65.2 Å². The van der Waals surface area contributed by atoms with Crippen molar-refractivity contribution in [2.75, 3.05) is 26.2 Å². The van der Waals surface area contributed by atoms with Crippen LogP contribution in [0.5, 0.6) is 0 Å². The number of ketones is 1. The van der Waals surface area contributed by atoms with Gasteiger partial charge in [-0.15, -0.1) is 0 Å². The van der Waals surface area contributed by atoms with E-state index in [1.165, 1.54) is 0 Å². The molecule has 5 nitrogen and oxygen atoms in total. The van der Waals surface area contributed by atoms with Gasteiger partial charge in [-0.3, -0.25) is 9.59 Å².